The van der Waals surface area contributed by atoms with Crippen LogP contribution < -0.4 is 5.32 Å². The molecule has 110 valence electrons. The van der Waals surface area contributed by atoms with Crippen molar-refractivity contribution in [3.05, 3.63) is 44.0 Å². The summed E-state index contributed by atoms with van der Waals surface area (Å²) >= 11 is 0. The van der Waals surface area contributed by atoms with Gasteiger partial charge in [-0.3, -0.25) is 4.79 Å². The Hall–Kier alpha value is -1.88. The van der Waals surface area contributed by atoms with Crippen molar-refractivity contribution >= 4 is 5.91 Å². The normalized spacial score (nSPS) is 12.7. The SMILES string of the molecule is C=CCC(O)(CC=C)CNC(=O)C[C@@H](C)n1ccnc1. The highest BCUT2D eigenvalue weighted by Gasteiger charge is 2.24. The summed E-state index contributed by atoms with van der Waals surface area (Å²) in [4.78, 5) is 15.8. The lowest BCUT2D eigenvalue weighted by Gasteiger charge is -2.26. The lowest BCUT2D eigenvalue weighted by atomic mass is 9.95. The zero-order valence-electron chi connectivity index (χ0n) is 12.0. The summed E-state index contributed by atoms with van der Waals surface area (Å²) in [5.41, 5.74) is -1.00. The molecule has 5 nitrogen and oxygen atoms in total. The predicted octanol–water partition coefficient (Wildman–Crippen LogP) is 1.83. The van der Waals surface area contributed by atoms with Gasteiger partial charge in [0.25, 0.3) is 0 Å². The molecule has 1 aromatic rings. The Morgan fingerprint density at radius 1 is 1.50 bits per heavy atom. The smallest absolute Gasteiger partial charge is 0.222 e. The van der Waals surface area contributed by atoms with E-state index < -0.39 is 5.60 Å². The predicted molar refractivity (Wildman–Crippen MR) is 79.1 cm³/mol. The van der Waals surface area contributed by atoms with Crippen molar-refractivity contribution in [1.29, 1.82) is 0 Å². The molecule has 0 aliphatic heterocycles. The Balaban J connectivity index is 2.45. The molecule has 0 spiro atoms. The van der Waals surface area contributed by atoms with Crippen LogP contribution in [-0.2, 0) is 4.79 Å². The molecule has 2 N–H and O–H groups in total. The van der Waals surface area contributed by atoms with Crippen molar-refractivity contribution in [1.82, 2.24) is 14.9 Å². The Morgan fingerprint density at radius 3 is 2.65 bits per heavy atom. The number of hydrogen-bond acceptors (Lipinski definition) is 3. The Kier molecular flexibility index (Phi) is 6.18. The van der Waals surface area contributed by atoms with Gasteiger partial charge in [0.15, 0.2) is 0 Å². The fourth-order valence-electron chi connectivity index (χ4n) is 2.00. The lowest BCUT2D eigenvalue weighted by Crippen LogP contribution is -2.42. The van der Waals surface area contributed by atoms with E-state index in [-0.39, 0.29) is 18.5 Å². The largest absolute Gasteiger partial charge is 0.387 e. The van der Waals surface area contributed by atoms with E-state index in [2.05, 4.69) is 23.5 Å². The van der Waals surface area contributed by atoms with Crippen LogP contribution in [-0.4, -0.2) is 32.7 Å². The Bertz CT molecular complexity index is 430. The van der Waals surface area contributed by atoms with Gasteiger partial charge in [0.2, 0.25) is 5.91 Å². The second kappa shape index (κ2) is 7.65. The third-order valence-electron chi connectivity index (χ3n) is 3.18. The van der Waals surface area contributed by atoms with Crippen molar-refractivity contribution in [2.45, 2.75) is 37.8 Å². The minimum Gasteiger partial charge on any atom is -0.387 e. The van der Waals surface area contributed by atoms with Crippen LogP contribution in [0.25, 0.3) is 0 Å². The van der Waals surface area contributed by atoms with Crippen LogP contribution >= 0.6 is 0 Å². The van der Waals surface area contributed by atoms with Gasteiger partial charge in [0.05, 0.1) is 11.9 Å². The number of rotatable bonds is 9. The number of nitrogens with one attached hydrogen (secondary N) is 1. The maximum atomic E-state index is 11.9. The second-order valence-corrected chi connectivity index (χ2v) is 5.05. The van der Waals surface area contributed by atoms with Crippen molar-refractivity contribution < 1.29 is 9.90 Å². The van der Waals surface area contributed by atoms with Gasteiger partial charge in [-0.05, 0) is 19.8 Å². The van der Waals surface area contributed by atoms with Crippen molar-refractivity contribution in [2.75, 3.05) is 6.54 Å². The maximum absolute atomic E-state index is 11.9. The zero-order valence-corrected chi connectivity index (χ0v) is 12.0. The van der Waals surface area contributed by atoms with E-state index in [0.29, 0.717) is 19.3 Å². The minimum absolute atomic E-state index is 0.0319. The highest BCUT2D eigenvalue weighted by molar-refractivity contribution is 5.76. The molecule has 1 heterocycles. The summed E-state index contributed by atoms with van der Waals surface area (Å²) in [6, 6.07) is 0.0319. The first-order chi connectivity index (χ1) is 9.50. The Labute approximate surface area is 120 Å². The molecule has 1 amide bonds. The highest BCUT2D eigenvalue weighted by Crippen LogP contribution is 2.16. The highest BCUT2D eigenvalue weighted by atomic mass is 16.3. The van der Waals surface area contributed by atoms with Crippen LogP contribution in [0.15, 0.2) is 44.0 Å². The molecule has 0 saturated carbocycles. The number of carbonyl (C=O) groups excluding carboxylic acids is 1. The molecule has 1 atom stereocenters. The lowest BCUT2D eigenvalue weighted by molar-refractivity contribution is -0.123. The fourth-order valence-corrected chi connectivity index (χ4v) is 2.00. The topological polar surface area (TPSA) is 67.2 Å². The van der Waals surface area contributed by atoms with Gasteiger partial charge in [0, 0.05) is 31.4 Å². The molecule has 0 unspecified atom stereocenters. The number of amides is 1. The van der Waals surface area contributed by atoms with Gasteiger partial charge in [0.1, 0.15) is 0 Å². The quantitative estimate of drug-likeness (QED) is 0.677. The summed E-state index contributed by atoms with van der Waals surface area (Å²) in [5, 5.41) is 13.1. The molecule has 1 aromatic heterocycles. The van der Waals surface area contributed by atoms with Crippen molar-refractivity contribution in [2.24, 2.45) is 0 Å². The van der Waals surface area contributed by atoms with Crippen LogP contribution in [0.3, 0.4) is 0 Å². The van der Waals surface area contributed by atoms with Gasteiger partial charge < -0.3 is 15.0 Å². The van der Waals surface area contributed by atoms with E-state index in [1.165, 1.54) is 0 Å². The van der Waals surface area contributed by atoms with E-state index in [9.17, 15) is 9.90 Å². The second-order valence-electron chi connectivity index (χ2n) is 5.05. The van der Waals surface area contributed by atoms with Crippen LogP contribution in [0.5, 0.6) is 0 Å². The molecule has 0 radical (unpaired) electrons. The minimum atomic E-state index is -1.00. The Morgan fingerprint density at radius 2 is 2.15 bits per heavy atom. The van der Waals surface area contributed by atoms with Gasteiger partial charge in [-0.2, -0.15) is 0 Å². The van der Waals surface area contributed by atoms with Crippen LogP contribution in [0.2, 0.25) is 0 Å². The number of aliphatic hydroxyl groups is 1. The standard InChI is InChI=1S/C15H23N3O2/c1-4-6-15(20,7-5-2)11-17-14(19)10-13(3)18-9-8-16-12-18/h4-5,8-9,12-13,20H,1-2,6-7,10-11H2,3H3,(H,17,19)/t13-/m1/s1. The molecule has 20 heavy (non-hydrogen) atoms. The summed E-state index contributed by atoms with van der Waals surface area (Å²) in [7, 11) is 0. The summed E-state index contributed by atoms with van der Waals surface area (Å²) in [5.74, 6) is -0.0993. The van der Waals surface area contributed by atoms with Gasteiger partial charge in [-0.15, -0.1) is 13.2 Å². The van der Waals surface area contributed by atoms with Crippen molar-refractivity contribution in [3.63, 3.8) is 0 Å². The summed E-state index contributed by atoms with van der Waals surface area (Å²) < 4.78 is 1.87. The molecule has 0 fully saturated rings. The zero-order chi connectivity index (χ0) is 15.0. The molecular weight excluding hydrogens is 254 g/mol. The van der Waals surface area contributed by atoms with E-state index in [4.69, 9.17) is 0 Å². The van der Waals surface area contributed by atoms with Crippen molar-refractivity contribution in [3.8, 4) is 0 Å². The van der Waals surface area contributed by atoms with E-state index >= 15 is 0 Å². The number of aromatic nitrogens is 2. The van der Waals surface area contributed by atoms with Gasteiger partial charge in [-0.1, -0.05) is 12.2 Å². The van der Waals surface area contributed by atoms with Crippen LogP contribution in [0.1, 0.15) is 32.2 Å². The molecule has 0 bridgehead atoms. The van der Waals surface area contributed by atoms with Gasteiger partial charge in [-0.25, -0.2) is 4.98 Å². The first-order valence-electron chi connectivity index (χ1n) is 6.69. The number of nitrogens with zero attached hydrogens (tertiary/aromatic N) is 2. The molecule has 1 rings (SSSR count). The first kappa shape index (κ1) is 16.2. The molecule has 0 aliphatic rings. The molecule has 0 saturated heterocycles. The number of imidazole rings is 1. The molecule has 0 aliphatic carbocycles. The molecular formula is C15H23N3O2. The summed E-state index contributed by atoms with van der Waals surface area (Å²) in [6.45, 7) is 9.38. The van der Waals surface area contributed by atoms with E-state index in [0.717, 1.165) is 0 Å². The average molecular weight is 277 g/mol. The number of carbonyl (C=O) groups is 1. The maximum Gasteiger partial charge on any atom is 0.222 e. The van der Waals surface area contributed by atoms with Crippen LogP contribution in [0.4, 0.5) is 0 Å². The number of hydrogen-bond donors (Lipinski definition) is 2. The van der Waals surface area contributed by atoms with E-state index in [1.807, 2.05) is 17.7 Å². The third-order valence-corrected chi connectivity index (χ3v) is 3.18. The fraction of sp³-hybridized carbons (Fsp3) is 0.467. The molecule has 5 heteroatoms. The monoisotopic (exact) mass is 277 g/mol. The van der Waals surface area contributed by atoms with Gasteiger partial charge >= 0.3 is 0 Å². The summed E-state index contributed by atoms with van der Waals surface area (Å²) in [6.07, 6.45) is 9.64. The van der Waals surface area contributed by atoms with Crippen LogP contribution in [0, 0.1) is 0 Å². The third kappa shape index (κ3) is 5.01. The van der Waals surface area contributed by atoms with E-state index in [1.54, 1.807) is 24.7 Å². The molecule has 0 aromatic carbocycles. The average Bonchev–Trinajstić information content (AvgIpc) is 2.91. The first-order valence-corrected chi connectivity index (χ1v) is 6.69.